The van der Waals surface area contributed by atoms with E-state index in [1.165, 1.54) is 4.90 Å². The number of amides is 1. The first kappa shape index (κ1) is 29.0. The second-order valence-corrected chi connectivity index (χ2v) is 11.6. The maximum absolute atomic E-state index is 12.9. The zero-order valence-electron chi connectivity index (χ0n) is 22.1. The highest BCUT2D eigenvalue weighted by molar-refractivity contribution is 6.64. The predicted octanol–water partition coefficient (Wildman–Crippen LogP) is 9.23. The van der Waals surface area contributed by atoms with Gasteiger partial charge in [-0.1, -0.05) is 74.3 Å². The van der Waals surface area contributed by atoms with Crippen LogP contribution in [-0.4, -0.2) is 22.7 Å². The quantitative estimate of drug-likeness (QED) is 0.125. The average molecular weight is 560 g/mol. The molecule has 4 nitrogen and oxygen atoms in total. The van der Waals surface area contributed by atoms with Gasteiger partial charge in [-0.25, -0.2) is 0 Å². The molecular weight excluding hydrogens is 527 g/mol. The molecule has 3 aromatic carbocycles. The van der Waals surface area contributed by atoms with Gasteiger partial charge < -0.3 is 4.74 Å². The van der Waals surface area contributed by atoms with Gasteiger partial charge in [-0.3, -0.25) is 14.7 Å². The minimum atomic E-state index is -0.712. The average Bonchev–Trinajstić information content (AvgIpc) is 2.82. The predicted molar refractivity (Wildman–Crippen MR) is 156 cm³/mol. The number of aliphatic imine (C=N–C) groups is 1. The van der Waals surface area contributed by atoms with Crippen molar-refractivity contribution < 1.29 is 9.53 Å². The summed E-state index contributed by atoms with van der Waals surface area (Å²) in [6.45, 7) is 13.0. The van der Waals surface area contributed by atoms with E-state index in [-0.39, 0.29) is 12.0 Å². The van der Waals surface area contributed by atoms with Crippen LogP contribution in [0.3, 0.4) is 0 Å². The third-order valence-electron chi connectivity index (χ3n) is 6.05. The Bertz CT molecular complexity index is 1260. The van der Waals surface area contributed by atoms with Crippen LogP contribution < -0.4 is 4.74 Å². The van der Waals surface area contributed by atoms with Gasteiger partial charge in [0.2, 0.25) is 0 Å². The summed E-state index contributed by atoms with van der Waals surface area (Å²) in [6.07, 6.45) is 0. The van der Waals surface area contributed by atoms with Gasteiger partial charge in [0.15, 0.2) is 0 Å². The number of amidine groups is 1. The first-order valence-corrected chi connectivity index (χ1v) is 13.3. The van der Waals surface area contributed by atoms with E-state index in [2.05, 4.69) is 20.8 Å². The lowest BCUT2D eigenvalue weighted by molar-refractivity contribution is 0.241. The summed E-state index contributed by atoms with van der Waals surface area (Å²) in [4.78, 5) is 19.5. The van der Waals surface area contributed by atoms with Crippen LogP contribution >= 0.6 is 34.8 Å². The smallest absolute Gasteiger partial charge is 0.322 e. The van der Waals surface area contributed by atoms with Crippen molar-refractivity contribution >= 4 is 46.0 Å². The Morgan fingerprint density at radius 2 is 1.41 bits per heavy atom. The normalized spacial score (nSPS) is 12.4. The molecule has 0 N–H and O–H groups in total. The number of carbonyl (C=O) groups excluding carboxylic acids is 1. The Kier molecular flexibility index (Phi) is 9.33. The summed E-state index contributed by atoms with van der Waals surface area (Å²) in [6, 6.07) is 20.8. The molecule has 0 aliphatic carbocycles. The van der Waals surface area contributed by atoms with Gasteiger partial charge in [-0.15, -0.1) is 0 Å². The molecule has 37 heavy (non-hydrogen) atoms. The first-order chi connectivity index (χ1) is 17.3. The second kappa shape index (κ2) is 11.9. The molecule has 3 rings (SSSR count). The molecule has 7 heteroatoms. The number of carbonyl (C=O) groups is 1. The van der Waals surface area contributed by atoms with Crippen molar-refractivity contribution in [1.82, 2.24) is 4.90 Å². The monoisotopic (exact) mass is 558 g/mol. The van der Waals surface area contributed by atoms with Crippen molar-refractivity contribution in [3.05, 3.63) is 99.0 Å². The zero-order chi connectivity index (χ0) is 27.4. The fourth-order valence-electron chi connectivity index (χ4n) is 3.89. The van der Waals surface area contributed by atoms with Crippen molar-refractivity contribution in [2.45, 2.75) is 59.0 Å². The van der Waals surface area contributed by atoms with Crippen LogP contribution in [-0.2, 0) is 17.5 Å². The molecule has 0 aromatic heterocycles. The molecule has 0 atom stereocenters. The maximum atomic E-state index is 12.9. The molecule has 3 aromatic rings. The van der Waals surface area contributed by atoms with Crippen molar-refractivity contribution in [3.8, 4) is 5.75 Å². The van der Waals surface area contributed by atoms with Crippen molar-refractivity contribution in [3.63, 3.8) is 0 Å². The summed E-state index contributed by atoms with van der Waals surface area (Å²) in [5, 5.41) is 0.602. The molecule has 0 saturated heterocycles. The van der Waals surface area contributed by atoms with Gasteiger partial charge in [-0.2, -0.15) is 0 Å². The zero-order valence-corrected chi connectivity index (χ0v) is 24.4. The number of hydrogen-bond donors (Lipinski definition) is 0. The number of halogens is 3. The molecule has 0 fully saturated rings. The Labute approximate surface area is 235 Å². The highest BCUT2D eigenvalue weighted by atomic mass is 35.5. The molecule has 0 aliphatic rings. The standard InChI is InChI=1S/C30H33Cl3N2O2/c1-7-37-26-18-22(29(2,3)4)12-17-25(26)27(34-30(5,6)21-10-15-24(32)16-11-21)35(28(33)36)19-20-8-13-23(31)14-9-20/h8-18H,7,19H2,1-6H3/b34-27-. The fourth-order valence-corrected chi connectivity index (χ4v) is 4.29. The van der Waals surface area contributed by atoms with E-state index in [0.29, 0.717) is 33.8 Å². The van der Waals surface area contributed by atoms with Crippen molar-refractivity contribution in [2.75, 3.05) is 6.61 Å². The molecule has 0 bridgehead atoms. The number of rotatable bonds is 7. The Balaban J connectivity index is 2.24. The minimum Gasteiger partial charge on any atom is -0.493 e. The Morgan fingerprint density at radius 1 is 0.865 bits per heavy atom. The molecule has 0 aliphatic heterocycles. The molecule has 0 unspecified atom stereocenters. The fraction of sp³-hybridized carbons (Fsp3) is 0.333. The molecule has 1 amide bonds. The molecule has 0 spiro atoms. The van der Waals surface area contributed by atoms with Crippen molar-refractivity contribution in [1.29, 1.82) is 0 Å². The summed E-state index contributed by atoms with van der Waals surface area (Å²) in [5.41, 5.74) is 2.79. The number of nitrogens with zero attached hydrogens (tertiary/aromatic N) is 2. The van der Waals surface area contributed by atoms with Gasteiger partial charge in [0.05, 0.1) is 24.3 Å². The van der Waals surface area contributed by atoms with E-state index in [1.54, 1.807) is 12.1 Å². The lowest BCUT2D eigenvalue weighted by Gasteiger charge is -2.29. The van der Waals surface area contributed by atoms with Crippen LogP contribution in [0.25, 0.3) is 0 Å². The summed E-state index contributed by atoms with van der Waals surface area (Å²) < 4.78 is 6.09. The topological polar surface area (TPSA) is 41.9 Å². The molecule has 0 radical (unpaired) electrons. The number of ether oxygens (including phenoxy) is 1. The van der Waals surface area contributed by atoms with Crippen molar-refractivity contribution in [2.24, 2.45) is 4.99 Å². The lowest BCUT2D eigenvalue weighted by atomic mass is 9.86. The largest absolute Gasteiger partial charge is 0.493 e. The van der Waals surface area contributed by atoms with E-state index >= 15 is 0 Å². The molecule has 0 saturated carbocycles. The second-order valence-electron chi connectivity index (χ2n) is 10.4. The van der Waals surface area contributed by atoms with Crippen LogP contribution in [0.5, 0.6) is 5.75 Å². The Hall–Kier alpha value is -2.53. The van der Waals surface area contributed by atoms with Crippen LogP contribution in [0.1, 0.15) is 63.8 Å². The highest BCUT2D eigenvalue weighted by Gasteiger charge is 2.29. The maximum Gasteiger partial charge on any atom is 0.322 e. The molecular formula is C30H33Cl3N2O2. The third kappa shape index (κ3) is 7.50. The minimum absolute atomic E-state index is 0.0877. The molecule has 0 heterocycles. The van der Waals surface area contributed by atoms with E-state index in [4.69, 9.17) is 44.5 Å². The third-order valence-corrected chi connectivity index (χ3v) is 6.75. The lowest BCUT2D eigenvalue weighted by Crippen LogP contribution is -2.36. The van der Waals surface area contributed by atoms with Gasteiger partial charge in [0.25, 0.3) is 0 Å². The summed E-state index contributed by atoms with van der Waals surface area (Å²) >= 11 is 18.4. The SMILES string of the molecule is CCOc1cc(C(C)(C)C)ccc1/C(=N/C(C)(C)c1ccc(Cl)cc1)N(Cc1ccc(Cl)cc1)C(=O)Cl. The van der Waals surface area contributed by atoms with E-state index in [1.807, 2.05) is 75.4 Å². The van der Waals surface area contributed by atoms with Gasteiger partial charge >= 0.3 is 5.37 Å². The van der Waals surface area contributed by atoms with Gasteiger partial charge in [0, 0.05) is 10.0 Å². The van der Waals surface area contributed by atoms with Crippen LogP contribution in [0.2, 0.25) is 10.0 Å². The van der Waals surface area contributed by atoms with Crippen LogP contribution in [0.15, 0.2) is 71.7 Å². The highest BCUT2D eigenvalue weighted by Crippen LogP contribution is 2.33. The number of benzene rings is 3. The summed E-state index contributed by atoms with van der Waals surface area (Å²) in [5.74, 6) is 1.05. The van der Waals surface area contributed by atoms with E-state index < -0.39 is 10.9 Å². The van der Waals surface area contributed by atoms with Crippen LogP contribution in [0, 0.1) is 0 Å². The molecule has 196 valence electrons. The van der Waals surface area contributed by atoms with Gasteiger partial charge in [0.1, 0.15) is 11.6 Å². The van der Waals surface area contributed by atoms with E-state index in [9.17, 15) is 4.79 Å². The Morgan fingerprint density at radius 3 is 1.92 bits per heavy atom. The summed E-state index contributed by atoms with van der Waals surface area (Å²) in [7, 11) is 0. The van der Waals surface area contributed by atoms with Crippen LogP contribution in [0.4, 0.5) is 4.79 Å². The van der Waals surface area contributed by atoms with Gasteiger partial charge in [-0.05, 0) is 90.9 Å². The first-order valence-electron chi connectivity index (χ1n) is 12.2. The number of hydrogen-bond acceptors (Lipinski definition) is 3. The van der Waals surface area contributed by atoms with E-state index in [0.717, 1.165) is 16.7 Å².